The van der Waals surface area contributed by atoms with Crippen molar-refractivity contribution in [1.82, 2.24) is 0 Å². The van der Waals surface area contributed by atoms with Crippen molar-refractivity contribution in [2.24, 2.45) is 0 Å². The number of thiazole rings is 1. The molecule has 2 heterocycles. The lowest BCUT2D eigenvalue weighted by Crippen LogP contribution is -2.33. The number of aromatic nitrogens is 1. The zero-order valence-corrected chi connectivity index (χ0v) is 26.8. The molecule has 4 rings (SSSR count). The normalized spacial score (nSPS) is 15.1. The molecule has 3 aromatic rings. The van der Waals surface area contributed by atoms with Gasteiger partial charge < -0.3 is 4.90 Å². The largest absolute Gasteiger partial charge is 0.335 e. The third-order valence-electron chi connectivity index (χ3n) is 6.08. The molecule has 2 nitrogen and oxygen atoms in total. The van der Waals surface area contributed by atoms with E-state index >= 15 is 0 Å². The van der Waals surface area contributed by atoms with E-state index in [9.17, 15) is 0 Å². The van der Waals surface area contributed by atoms with Crippen molar-refractivity contribution >= 4 is 92.1 Å². The molecule has 1 aliphatic rings. The molecule has 0 atom stereocenters. The second-order valence-corrected chi connectivity index (χ2v) is 13.6. The second kappa shape index (κ2) is 12.8. The Morgan fingerprint density at radius 3 is 2.19 bits per heavy atom. The Kier molecular flexibility index (Phi) is 9.97. The second-order valence-electron chi connectivity index (χ2n) is 8.13. The smallest absolute Gasteiger partial charge is 0.262 e. The van der Waals surface area contributed by atoms with Gasteiger partial charge in [0.15, 0.2) is 0 Å². The first-order valence-electron chi connectivity index (χ1n) is 11.8. The lowest BCUT2D eigenvalue weighted by atomic mass is 10.2. The van der Waals surface area contributed by atoms with Crippen molar-refractivity contribution in [3.8, 4) is 0 Å². The fraction of sp³-hybridized carbons (Fsp3) is 0.321. The van der Waals surface area contributed by atoms with E-state index in [1.54, 1.807) is 0 Å². The maximum absolute atomic E-state index is 2.43. The van der Waals surface area contributed by atoms with Gasteiger partial charge in [-0.15, -0.1) is 47.0 Å². The number of aryl methyl sites for hydroxylation is 1. The highest BCUT2D eigenvalue weighted by atomic mass is 32.2. The van der Waals surface area contributed by atoms with Crippen LogP contribution in [0.4, 0.5) is 5.69 Å². The number of allylic oxidation sites excluding steroid dienone is 4. The van der Waals surface area contributed by atoms with Crippen LogP contribution in [-0.4, -0.2) is 31.6 Å². The van der Waals surface area contributed by atoms with E-state index in [1.165, 1.54) is 56.0 Å². The summed E-state index contributed by atoms with van der Waals surface area (Å²) in [6.07, 6.45) is 17.7. The van der Waals surface area contributed by atoms with Crippen LogP contribution >= 0.6 is 70.1 Å². The van der Waals surface area contributed by atoms with E-state index in [0.717, 1.165) is 13.1 Å². The highest BCUT2D eigenvalue weighted by Crippen LogP contribution is 2.49. The average Bonchev–Trinajstić information content (AvgIpc) is 3.44. The first-order valence-corrected chi connectivity index (χ1v) is 18.4. The third kappa shape index (κ3) is 5.74. The van der Waals surface area contributed by atoms with Crippen LogP contribution < -0.4 is 9.47 Å². The molecule has 1 aromatic heterocycles. The molecular formula is C28H33N2S6+. The van der Waals surface area contributed by atoms with Gasteiger partial charge >= 0.3 is 0 Å². The van der Waals surface area contributed by atoms with E-state index in [-0.39, 0.29) is 0 Å². The number of rotatable bonds is 9. The topological polar surface area (TPSA) is 7.12 Å². The van der Waals surface area contributed by atoms with Gasteiger partial charge in [0.25, 0.3) is 5.01 Å². The summed E-state index contributed by atoms with van der Waals surface area (Å²) in [6, 6.07) is 9.42. The number of anilines is 1. The van der Waals surface area contributed by atoms with Crippen molar-refractivity contribution in [3.63, 3.8) is 0 Å². The molecule has 0 fully saturated rings. The first-order chi connectivity index (χ1) is 17.5. The highest BCUT2D eigenvalue weighted by Gasteiger charge is 2.25. The Bertz CT molecular complexity index is 1350. The predicted molar refractivity (Wildman–Crippen MR) is 171 cm³/mol. The Morgan fingerprint density at radius 1 is 0.917 bits per heavy atom. The number of benzene rings is 2. The van der Waals surface area contributed by atoms with Crippen LogP contribution in [0.1, 0.15) is 25.8 Å². The summed E-state index contributed by atoms with van der Waals surface area (Å²) in [4.78, 5) is 9.23. The Labute approximate surface area is 241 Å². The molecule has 0 unspecified atom stereocenters. The number of nitrogens with zero attached hydrogens (tertiary/aromatic N) is 2. The van der Waals surface area contributed by atoms with Gasteiger partial charge in [0.05, 0.1) is 10.7 Å². The maximum atomic E-state index is 2.43. The van der Waals surface area contributed by atoms with E-state index < -0.39 is 0 Å². The minimum Gasteiger partial charge on any atom is -0.335 e. The SMILES string of the molecule is CCN1/C(=C/C=C(C)/C=C/c2sc3cc(SC)c(SC)cc3[n+]2CC)Sc2cc(SC)c(SC)cc21. The van der Waals surface area contributed by atoms with E-state index in [2.05, 4.69) is 104 Å². The fourth-order valence-corrected chi connectivity index (χ4v) is 9.64. The average molecular weight is 590 g/mol. The molecule has 0 aliphatic carbocycles. The van der Waals surface area contributed by atoms with Gasteiger partial charge in [-0.05, 0) is 70.1 Å². The number of hydrogen-bond acceptors (Lipinski definition) is 7. The molecule has 8 heteroatoms. The lowest BCUT2D eigenvalue weighted by Gasteiger charge is -2.18. The summed E-state index contributed by atoms with van der Waals surface area (Å²) in [7, 11) is 0. The molecule has 0 bridgehead atoms. The van der Waals surface area contributed by atoms with Crippen molar-refractivity contribution < 1.29 is 4.57 Å². The van der Waals surface area contributed by atoms with Gasteiger partial charge in [-0.2, -0.15) is 4.57 Å². The minimum absolute atomic E-state index is 0.968. The molecule has 0 saturated carbocycles. The molecule has 190 valence electrons. The Balaban J connectivity index is 1.60. The van der Waals surface area contributed by atoms with E-state index in [0.29, 0.717) is 0 Å². The Morgan fingerprint density at radius 2 is 1.56 bits per heavy atom. The summed E-state index contributed by atoms with van der Waals surface area (Å²) >= 11 is 11.1. The third-order valence-corrected chi connectivity index (χ3v) is 11.7. The molecule has 0 amide bonds. The number of fused-ring (bicyclic) bond motifs is 2. The molecule has 0 N–H and O–H groups in total. The highest BCUT2D eigenvalue weighted by molar-refractivity contribution is 8.04. The van der Waals surface area contributed by atoms with Crippen LogP contribution in [0.15, 0.2) is 77.6 Å². The molecule has 2 aromatic carbocycles. The number of hydrogen-bond donors (Lipinski definition) is 0. The molecule has 0 saturated heterocycles. The Hall–Kier alpha value is -0.900. The predicted octanol–water partition coefficient (Wildman–Crippen LogP) is 9.53. The van der Waals surface area contributed by atoms with Crippen molar-refractivity contribution in [2.45, 2.75) is 51.8 Å². The molecular weight excluding hydrogens is 557 g/mol. The first kappa shape index (κ1) is 28.1. The zero-order chi connectivity index (χ0) is 25.8. The molecule has 36 heavy (non-hydrogen) atoms. The summed E-state index contributed by atoms with van der Waals surface area (Å²) in [5.74, 6) is 0. The standard InChI is InChI=1S/C28H33N2S6/c1-8-29-19-14-23(31-4)25(33-6)16-21(19)35-27(29)12-10-18(3)11-13-28-30(9-2)20-15-24(32-5)26(34-7)17-22(20)36-28/h10-17H,8-9H2,1-7H3/q+1. The van der Waals surface area contributed by atoms with Crippen molar-refractivity contribution in [1.29, 1.82) is 0 Å². The van der Waals surface area contributed by atoms with Gasteiger partial charge in [0.1, 0.15) is 11.2 Å². The van der Waals surface area contributed by atoms with E-state index in [4.69, 9.17) is 0 Å². The van der Waals surface area contributed by atoms with E-state index in [1.807, 2.05) is 70.1 Å². The maximum Gasteiger partial charge on any atom is 0.262 e. The molecule has 1 aliphatic heterocycles. The molecule has 0 spiro atoms. The summed E-state index contributed by atoms with van der Waals surface area (Å²) in [6.45, 7) is 8.59. The van der Waals surface area contributed by atoms with Crippen LogP contribution in [0.25, 0.3) is 16.3 Å². The molecule has 0 radical (unpaired) electrons. The quantitative estimate of drug-likeness (QED) is 0.138. The monoisotopic (exact) mass is 589 g/mol. The van der Waals surface area contributed by atoms with Crippen molar-refractivity contribution in [2.75, 3.05) is 36.5 Å². The summed E-state index contributed by atoms with van der Waals surface area (Å²) in [5.41, 5.74) is 3.92. The van der Waals surface area contributed by atoms with Crippen LogP contribution in [0.3, 0.4) is 0 Å². The van der Waals surface area contributed by atoms with Crippen LogP contribution in [-0.2, 0) is 6.54 Å². The van der Waals surface area contributed by atoms with Crippen LogP contribution in [0.2, 0.25) is 0 Å². The fourth-order valence-electron chi connectivity index (χ4n) is 4.22. The van der Waals surface area contributed by atoms with Crippen LogP contribution in [0.5, 0.6) is 0 Å². The van der Waals surface area contributed by atoms with Gasteiger partial charge in [-0.1, -0.05) is 40.8 Å². The zero-order valence-electron chi connectivity index (χ0n) is 21.9. The van der Waals surface area contributed by atoms with Gasteiger partial charge in [-0.3, -0.25) is 0 Å². The van der Waals surface area contributed by atoms with Gasteiger partial charge in [-0.25, -0.2) is 0 Å². The van der Waals surface area contributed by atoms with Crippen molar-refractivity contribution in [3.05, 3.63) is 58.1 Å². The summed E-state index contributed by atoms with van der Waals surface area (Å²) < 4.78 is 3.79. The van der Waals surface area contributed by atoms with Gasteiger partial charge in [0, 0.05) is 43.2 Å². The number of thioether (sulfide) groups is 5. The summed E-state index contributed by atoms with van der Waals surface area (Å²) in [5, 5.41) is 2.59. The lowest BCUT2D eigenvalue weighted by molar-refractivity contribution is -0.665. The van der Waals surface area contributed by atoms with Crippen LogP contribution in [0, 0.1) is 0 Å². The minimum atomic E-state index is 0.968. The van der Waals surface area contributed by atoms with Gasteiger partial charge in [0.2, 0.25) is 5.52 Å².